The van der Waals surface area contributed by atoms with Crippen molar-refractivity contribution in [3.63, 3.8) is 0 Å². The van der Waals surface area contributed by atoms with Gasteiger partial charge in [0, 0.05) is 18.9 Å². The van der Waals surface area contributed by atoms with Gasteiger partial charge in [0.2, 0.25) is 0 Å². The molecule has 3 rings (SSSR count). The van der Waals surface area contributed by atoms with Crippen LogP contribution in [0, 0.1) is 0 Å². The average Bonchev–Trinajstić information content (AvgIpc) is 2.74. The van der Waals surface area contributed by atoms with Crippen molar-refractivity contribution in [3.05, 3.63) is 83.7 Å². The Morgan fingerprint density at radius 1 is 1.03 bits per heavy atom. The van der Waals surface area contributed by atoms with Gasteiger partial charge in [0.25, 0.3) is 5.91 Å². The Labute approximate surface area is 170 Å². The number of aromatic nitrogens is 1. The number of nitrogens with zero attached hydrogens (tertiary/aromatic N) is 1. The third-order valence-electron chi connectivity index (χ3n) is 4.34. The van der Waals surface area contributed by atoms with Gasteiger partial charge in [0.05, 0.1) is 6.61 Å². The lowest BCUT2D eigenvalue weighted by molar-refractivity contribution is 0.0997. The Morgan fingerprint density at radius 3 is 2.62 bits per heavy atom. The van der Waals surface area contributed by atoms with E-state index < -0.39 is 5.91 Å². The van der Waals surface area contributed by atoms with Gasteiger partial charge in [-0.05, 0) is 49.2 Å². The molecule has 6 heteroatoms. The van der Waals surface area contributed by atoms with Gasteiger partial charge in [-0.1, -0.05) is 36.4 Å². The zero-order valence-corrected chi connectivity index (χ0v) is 16.4. The Hall–Kier alpha value is -3.38. The number of ether oxygens (including phenoxy) is 2. The zero-order chi connectivity index (χ0) is 20.5. The van der Waals surface area contributed by atoms with E-state index >= 15 is 0 Å². The molecule has 0 saturated heterocycles. The highest BCUT2D eigenvalue weighted by Crippen LogP contribution is 2.33. The lowest BCUT2D eigenvalue weighted by atomic mass is 10.1. The highest BCUT2D eigenvalue weighted by Gasteiger charge is 2.13. The van der Waals surface area contributed by atoms with Crippen LogP contribution in [-0.2, 0) is 13.0 Å². The summed E-state index contributed by atoms with van der Waals surface area (Å²) in [7, 11) is 0. The van der Waals surface area contributed by atoms with E-state index in [0.29, 0.717) is 23.9 Å². The first-order valence-corrected chi connectivity index (χ1v) is 9.59. The van der Waals surface area contributed by atoms with E-state index in [0.717, 1.165) is 25.1 Å². The molecule has 3 N–H and O–H groups in total. The second kappa shape index (κ2) is 10.2. The van der Waals surface area contributed by atoms with E-state index in [2.05, 4.69) is 34.6 Å². The van der Waals surface area contributed by atoms with Gasteiger partial charge in [-0.2, -0.15) is 0 Å². The number of carbonyl (C=O) groups is 1. The SMILES string of the molecule is CCOc1cc(CNCCc2ccccc2)ccc1Oc1ccncc1C(N)=O. The average molecular weight is 391 g/mol. The predicted octanol–water partition coefficient (Wildman–Crippen LogP) is 3.70. The van der Waals surface area contributed by atoms with Gasteiger partial charge in [-0.3, -0.25) is 9.78 Å². The number of amides is 1. The zero-order valence-electron chi connectivity index (χ0n) is 16.4. The maximum atomic E-state index is 11.6. The molecule has 1 amide bonds. The van der Waals surface area contributed by atoms with E-state index in [4.69, 9.17) is 15.2 Å². The Kier molecular flexibility index (Phi) is 7.19. The third kappa shape index (κ3) is 5.80. The summed E-state index contributed by atoms with van der Waals surface area (Å²) in [6.45, 7) is 4.01. The molecule has 6 nitrogen and oxygen atoms in total. The fourth-order valence-electron chi connectivity index (χ4n) is 2.90. The first-order chi connectivity index (χ1) is 14.2. The van der Waals surface area contributed by atoms with Gasteiger partial charge in [-0.25, -0.2) is 0 Å². The summed E-state index contributed by atoms with van der Waals surface area (Å²) >= 11 is 0. The smallest absolute Gasteiger partial charge is 0.254 e. The maximum absolute atomic E-state index is 11.6. The molecule has 0 unspecified atom stereocenters. The predicted molar refractivity (Wildman–Crippen MR) is 112 cm³/mol. The lowest BCUT2D eigenvalue weighted by Crippen LogP contribution is -2.16. The van der Waals surface area contributed by atoms with Crippen LogP contribution in [0.25, 0.3) is 0 Å². The summed E-state index contributed by atoms with van der Waals surface area (Å²) in [6.07, 6.45) is 3.91. The topological polar surface area (TPSA) is 86.5 Å². The van der Waals surface area contributed by atoms with Crippen LogP contribution >= 0.6 is 0 Å². The minimum Gasteiger partial charge on any atom is -0.490 e. The van der Waals surface area contributed by atoms with Crippen LogP contribution in [0.3, 0.4) is 0 Å². The summed E-state index contributed by atoms with van der Waals surface area (Å²) in [5.74, 6) is 0.892. The first kappa shape index (κ1) is 20.4. The van der Waals surface area contributed by atoms with Crippen LogP contribution in [0.15, 0.2) is 67.0 Å². The maximum Gasteiger partial charge on any atom is 0.254 e. The minimum atomic E-state index is -0.592. The fourth-order valence-corrected chi connectivity index (χ4v) is 2.90. The molecule has 29 heavy (non-hydrogen) atoms. The van der Waals surface area contributed by atoms with Crippen LogP contribution in [0.5, 0.6) is 17.2 Å². The molecular weight excluding hydrogens is 366 g/mol. The Bertz CT molecular complexity index is 945. The van der Waals surface area contributed by atoms with Crippen LogP contribution < -0.4 is 20.5 Å². The van der Waals surface area contributed by atoms with E-state index in [9.17, 15) is 4.79 Å². The van der Waals surface area contributed by atoms with Crippen molar-refractivity contribution in [2.24, 2.45) is 5.73 Å². The molecule has 0 atom stereocenters. The minimum absolute atomic E-state index is 0.224. The number of carbonyl (C=O) groups excluding carboxylic acids is 1. The Balaban J connectivity index is 1.66. The fraction of sp³-hybridized carbons (Fsp3) is 0.217. The molecule has 3 aromatic rings. The third-order valence-corrected chi connectivity index (χ3v) is 4.34. The van der Waals surface area contributed by atoms with Crippen molar-refractivity contribution in [2.45, 2.75) is 19.9 Å². The number of nitrogens with two attached hydrogens (primary N) is 1. The Morgan fingerprint density at radius 2 is 1.86 bits per heavy atom. The van der Waals surface area contributed by atoms with Crippen LogP contribution in [0.1, 0.15) is 28.4 Å². The molecule has 150 valence electrons. The molecule has 0 spiro atoms. The molecular formula is C23H25N3O3. The molecule has 0 saturated carbocycles. The van der Waals surface area contributed by atoms with Crippen molar-refractivity contribution in [3.8, 4) is 17.2 Å². The summed E-state index contributed by atoms with van der Waals surface area (Å²) in [6, 6.07) is 17.7. The lowest BCUT2D eigenvalue weighted by Gasteiger charge is -2.14. The molecule has 0 fully saturated rings. The number of primary amides is 1. The van der Waals surface area contributed by atoms with Crippen LogP contribution in [-0.4, -0.2) is 24.0 Å². The van der Waals surface area contributed by atoms with Crippen molar-refractivity contribution >= 4 is 5.91 Å². The molecule has 0 aliphatic rings. The molecule has 0 aliphatic carbocycles. The van der Waals surface area contributed by atoms with Gasteiger partial charge in [0.1, 0.15) is 11.3 Å². The number of nitrogens with one attached hydrogen (secondary N) is 1. The van der Waals surface area contributed by atoms with Crippen LogP contribution in [0.2, 0.25) is 0 Å². The summed E-state index contributed by atoms with van der Waals surface area (Å²) < 4.78 is 11.6. The second-order valence-corrected chi connectivity index (χ2v) is 6.46. The number of hydrogen-bond donors (Lipinski definition) is 2. The van der Waals surface area contributed by atoms with Crippen molar-refractivity contribution < 1.29 is 14.3 Å². The van der Waals surface area contributed by atoms with E-state index in [1.54, 1.807) is 12.3 Å². The molecule has 2 aromatic carbocycles. The molecule has 1 aromatic heterocycles. The number of benzene rings is 2. The van der Waals surface area contributed by atoms with Gasteiger partial charge in [-0.15, -0.1) is 0 Å². The normalized spacial score (nSPS) is 10.5. The van der Waals surface area contributed by atoms with Crippen molar-refractivity contribution in [2.75, 3.05) is 13.2 Å². The van der Waals surface area contributed by atoms with E-state index in [-0.39, 0.29) is 5.56 Å². The number of rotatable bonds is 10. The number of pyridine rings is 1. The monoisotopic (exact) mass is 391 g/mol. The molecule has 0 bridgehead atoms. The highest BCUT2D eigenvalue weighted by atomic mass is 16.5. The second-order valence-electron chi connectivity index (χ2n) is 6.46. The van der Waals surface area contributed by atoms with Gasteiger partial charge >= 0.3 is 0 Å². The van der Waals surface area contributed by atoms with Crippen molar-refractivity contribution in [1.29, 1.82) is 0 Å². The van der Waals surface area contributed by atoms with Crippen LogP contribution in [0.4, 0.5) is 0 Å². The summed E-state index contributed by atoms with van der Waals surface area (Å²) in [5.41, 5.74) is 8.01. The standard InChI is InChI=1S/C23H25N3O3/c1-2-28-22-14-18(15-25-12-10-17-6-4-3-5-7-17)8-9-21(22)29-20-11-13-26-16-19(20)23(24)27/h3-9,11,13-14,16,25H,2,10,12,15H2,1H3,(H2,24,27). The number of hydrogen-bond acceptors (Lipinski definition) is 5. The summed E-state index contributed by atoms with van der Waals surface area (Å²) in [5, 5.41) is 3.45. The molecule has 0 aliphatic heterocycles. The molecule has 0 radical (unpaired) electrons. The first-order valence-electron chi connectivity index (χ1n) is 9.59. The van der Waals surface area contributed by atoms with Gasteiger partial charge < -0.3 is 20.5 Å². The highest BCUT2D eigenvalue weighted by molar-refractivity contribution is 5.95. The van der Waals surface area contributed by atoms with E-state index in [1.165, 1.54) is 11.8 Å². The van der Waals surface area contributed by atoms with Gasteiger partial charge in [0.15, 0.2) is 11.5 Å². The quantitative estimate of drug-likeness (QED) is 0.515. The molecule has 1 heterocycles. The summed E-state index contributed by atoms with van der Waals surface area (Å²) in [4.78, 5) is 15.5. The van der Waals surface area contributed by atoms with E-state index in [1.807, 2.05) is 31.2 Å². The largest absolute Gasteiger partial charge is 0.490 e. The van der Waals surface area contributed by atoms with Crippen molar-refractivity contribution in [1.82, 2.24) is 10.3 Å².